The molecule has 0 spiro atoms. The summed E-state index contributed by atoms with van der Waals surface area (Å²) in [6.07, 6.45) is 0.966. The van der Waals surface area contributed by atoms with E-state index in [4.69, 9.17) is 4.74 Å². The van der Waals surface area contributed by atoms with Crippen LogP contribution in [0.25, 0.3) is 0 Å². The highest BCUT2D eigenvalue weighted by atomic mass is 32.2. The second-order valence-electron chi connectivity index (χ2n) is 6.67. The number of amidine groups is 1. The van der Waals surface area contributed by atoms with Crippen molar-refractivity contribution in [2.24, 2.45) is 4.99 Å². The number of aliphatic hydroxyl groups excluding tert-OH is 1. The lowest BCUT2D eigenvalue weighted by atomic mass is 10.2. The van der Waals surface area contributed by atoms with Crippen molar-refractivity contribution in [1.82, 2.24) is 4.90 Å². The SMILES string of the molecule is CCCOc1ccc(NC(=O)[C@H]2CC(=O)N(CCO)C(=Nc3ccccc3)S2)cc1. The zero-order valence-electron chi connectivity index (χ0n) is 16.8. The normalized spacial score (nSPS) is 17.8. The predicted molar refractivity (Wildman–Crippen MR) is 119 cm³/mol. The molecule has 1 heterocycles. The number of anilines is 1. The van der Waals surface area contributed by atoms with Crippen molar-refractivity contribution in [3.8, 4) is 5.75 Å². The predicted octanol–water partition coefficient (Wildman–Crippen LogP) is 3.43. The molecule has 0 unspecified atom stereocenters. The first-order chi connectivity index (χ1) is 14.6. The van der Waals surface area contributed by atoms with Crippen LogP contribution >= 0.6 is 11.8 Å². The van der Waals surface area contributed by atoms with E-state index in [-0.39, 0.29) is 31.4 Å². The molecule has 158 valence electrons. The Balaban J connectivity index is 1.71. The number of para-hydroxylation sites is 1. The fourth-order valence-corrected chi connectivity index (χ4v) is 3.98. The number of aliphatic hydroxyl groups is 1. The number of nitrogens with one attached hydrogen (secondary N) is 1. The fourth-order valence-electron chi connectivity index (χ4n) is 2.85. The van der Waals surface area contributed by atoms with E-state index in [1.165, 1.54) is 16.7 Å². The lowest BCUT2D eigenvalue weighted by Crippen LogP contribution is -2.46. The lowest BCUT2D eigenvalue weighted by molar-refractivity contribution is -0.129. The molecular formula is C22H25N3O4S. The Bertz CT molecular complexity index is 887. The van der Waals surface area contributed by atoms with Gasteiger partial charge in [0, 0.05) is 12.1 Å². The van der Waals surface area contributed by atoms with Crippen LogP contribution in [0.4, 0.5) is 11.4 Å². The van der Waals surface area contributed by atoms with Gasteiger partial charge in [0.25, 0.3) is 0 Å². The number of hydrogen-bond acceptors (Lipinski definition) is 6. The molecule has 0 aliphatic carbocycles. The van der Waals surface area contributed by atoms with Crippen LogP contribution in [0.2, 0.25) is 0 Å². The topological polar surface area (TPSA) is 91.2 Å². The van der Waals surface area contributed by atoms with Gasteiger partial charge in [0.15, 0.2) is 5.17 Å². The van der Waals surface area contributed by atoms with Gasteiger partial charge in [0.1, 0.15) is 11.0 Å². The monoisotopic (exact) mass is 427 g/mol. The van der Waals surface area contributed by atoms with Crippen molar-refractivity contribution >= 4 is 40.1 Å². The molecular weight excluding hydrogens is 402 g/mol. The molecule has 8 heteroatoms. The number of benzene rings is 2. The number of rotatable bonds is 8. The molecule has 2 amide bonds. The molecule has 2 aromatic rings. The summed E-state index contributed by atoms with van der Waals surface area (Å²) in [6.45, 7) is 2.64. The van der Waals surface area contributed by atoms with Crippen LogP contribution in [0.15, 0.2) is 59.6 Å². The average molecular weight is 428 g/mol. The van der Waals surface area contributed by atoms with Gasteiger partial charge in [0.05, 0.1) is 25.4 Å². The number of carbonyl (C=O) groups is 2. The highest BCUT2D eigenvalue weighted by Gasteiger charge is 2.35. The van der Waals surface area contributed by atoms with Gasteiger partial charge in [-0.05, 0) is 42.8 Å². The van der Waals surface area contributed by atoms with Gasteiger partial charge in [-0.1, -0.05) is 36.9 Å². The van der Waals surface area contributed by atoms with Crippen LogP contribution in [-0.4, -0.2) is 52.0 Å². The van der Waals surface area contributed by atoms with Crippen molar-refractivity contribution in [3.63, 3.8) is 0 Å². The maximum absolute atomic E-state index is 12.8. The van der Waals surface area contributed by atoms with Crippen molar-refractivity contribution < 1.29 is 19.4 Å². The maximum Gasteiger partial charge on any atom is 0.238 e. The van der Waals surface area contributed by atoms with Crippen LogP contribution in [0.1, 0.15) is 19.8 Å². The van der Waals surface area contributed by atoms with E-state index in [9.17, 15) is 14.7 Å². The third-order valence-corrected chi connectivity index (χ3v) is 5.52. The first kappa shape index (κ1) is 21.9. The molecule has 30 heavy (non-hydrogen) atoms. The van der Waals surface area contributed by atoms with Gasteiger partial charge in [-0.15, -0.1) is 0 Å². The van der Waals surface area contributed by atoms with E-state index in [1.807, 2.05) is 37.3 Å². The third-order valence-electron chi connectivity index (χ3n) is 4.33. The highest BCUT2D eigenvalue weighted by molar-refractivity contribution is 8.15. The number of amides is 2. The fraction of sp³-hybridized carbons (Fsp3) is 0.318. The van der Waals surface area contributed by atoms with Crippen molar-refractivity contribution in [2.45, 2.75) is 25.0 Å². The molecule has 2 N–H and O–H groups in total. The Morgan fingerprint density at radius 3 is 2.63 bits per heavy atom. The Kier molecular flexibility index (Phi) is 7.87. The van der Waals surface area contributed by atoms with E-state index in [0.717, 1.165) is 12.2 Å². The molecule has 0 aromatic heterocycles. The summed E-state index contributed by atoms with van der Waals surface area (Å²) in [6, 6.07) is 16.4. The number of hydrogen-bond donors (Lipinski definition) is 2. The molecule has 0 radical (unpaired) electrons. The number of β-amino-alcohol motifs (C(OH)–C–C–N with tert-alkyl or cyclic N) is 1. The summed E-state index contributed by atoms with van der Waals surface area (Å²) in [7, 11) is 0. The number of ether oxygens (including phenoxy) is 1. The molecule has 3 rings (SSSR count). The maximum atomic E-state index is 12.8. The Morgan fingerprint density at radius 2 is 1.97 bits per heavy atom. The minimum Gasteiger partial charge on any atom is -0.494 e. The van der Waals surface area contributed by atoms with E-state index in [0.29, 0.717) is 23.1 Å². The molecule has 1 aliphatic rings. The summed E-state index contributed by atoms with van der Waals surface area (Å²) >= 11 is 1.23. The molecule has 1 fully saturated rings. The summed E-state index contributed by atoms with van der Waals surface area (Å²) in [5.74, 6) is 0.245. The Hall–Kier alpha value is -2.84. The van der Waals surface area contributed by atoms with Gasteiger partial charge in [-0.2, -0.15) is 0 Å². The lowest BCUT2D eigenvalue weighted by Gasteiger charge is -2.31. The molecule has 0 bridgehead atoms. The van der Waals surface area contributed by atoms with Gasteiger partial charge in [0.2, 0.25) is 11.8 Å². The van der Waals surface area contributed by atoms with E-state index < -0.39 is 5.25 Å². The largest absolute Gasteiger partial charge is 0.494 e. The second-order valence-corrected chi connectivity index (χ2v) is 7.84. The Labute approximate surface area is 180 Å². The van der Waals surface area contributed by atoms with E-state index >= 15 is 0 Å². The van der Waals surface area contributed by atoms with Gasteiger partial charge < -0.3 is 15.2 Å². The zero-order chi connectivity index (χ0) is 21.3. The van der Waals surface area contributed by atoms with Gasteiger partial charge in [-0.3, -0.25) is 14.5 Å². The molecule has 1 aliphatic heterocycles. The standard InChI is InChI=1S/C22H25N3O4S/c1-2-14-29-18-10-8-17(9-11-18)23-21(28)19-15-20(27)25(12-13-26)22(30-19)24-16-6-4-3-5-7-16/h3-11,19,26H,2,12-15H2,1H3,(H,23,28)/t19-/m1/s1. The van der Waals surface area contributed by atoms with E-state index in [1.54, 1.807) is 24.3 Å². The minimum atomic E-state index is -0.606. The molecule has 0 saturated carbocycles. The summed E-state index contributed by atoms with van der Waals surface area (Å²) < 4.78 is 5.55. The smallest absolute Gasteiger partial charge is 0.238 e. The summed E-state index contributed by atoms with van der Waals surface area (Å²) in [5, 5.41) is 12.0. The molecule has 7 nitrogen and oxygen atoms in total. The van der Waals surface area contributed by atoms with E-state index in [2.05, 4.69) is 10.3 Å². The minimum absolute atomic E-state index is 0.0437. The van der Waals surface area contributed by atoms with Crippen LogP contribution in [-0.2, 0) is 9.59 Å². The molecule has 2 aromatic carbocycles. The van der Waals surface area contributed by atoms with Crippen molar-refractivity contribution in [1.29, 1.82) is 0 Å². The highest BCUT2D eigenvalue weighted by Crippen LogP contribution is 2.30. The molecule has 1 atom stereocenters. The zero-order valence-corrected chi connectivity index (χ0v) is 17.6. The van der Waals surface area contributed by atoms with Gasteiger partial charge in [-0.25, -0.2) is 4.99 Å². The van der Waals surface area contributed by atoms with Crippen LogP contribution in [0, 0.1) is 0 Å². The Morgan fingerprint density at radius 1 is 1.23 bits per heavy atom. The first-order valence-electron chi connectivity index (χ1n) is 9.86. The van der Waals surface area contributed by atoms with Gasteiger partial charge >= 0.3 is 0 Å². The second kappa shape index (κ2) is 10.8. The summed E-state index contributed by atoms with van der Waals surface area (Å²) in [5.41, 5.74) is 1.32. The average Bonchev–Trinajstić information content (AvgIpc) is 2.76. The number of carbonyl (C=O) groups excluding carboxylic acids is 2. The number of aliphatic imine (C=N–C) groups is 1. The van der Waals surface area contributed by atoms with Crippen LogP contribution in [0.5, 0.6) is 5.75 Å². The number of nitrogens with zero attached hydrogens (tertiary/aromatic N) is 2. The first-order valence-corrected chi connectivity index (χ1v) is 10.7. The van der Waals surface area contributed by atoms with Crippen molar-refractivity contribution in [2.75, 3.05) is 25.1 Å². The van der Waals surface area contributed by atoms with Crippen LogP contribution < -0.4 is 10.1 Å². The summed E-state index contributed by atoms with van der Waals surface area (Å²) in [4.78, 5) is 31.4. The third kappa shape index (κ3) is 5.84. The quantitative estimate of drug-likeness (QED) is 0.674. The van der Waals surface area contributed by atoms with Crippen LogP contribution in [0.3, 0.4) is 0 Å². The number of thioether (sulfide) groups is 1. The molecule has 1 saturated heterocycles. The van der Waals surface area contributed by atoms with Crippen molar-refractivity contribution in [3.05, 3.63) is 54.6 Å².